The Morgan fingerprint density at radius 1 is 1.59 bits per heavy atom. The van der Waals surface area contributed by atoms with Crippen molar-refractivity contribution in [2.75, 3.05) is 13.1 Å². The molecule has 17 heavy (non-hydrogen) atoms. The Bertz CT molecular complexity index is 287. The number of carbonyl (C=O) groups excluding carboxylic acids is 2. The summed E-state index contributed by atoms with van der Waals surface area (Å²) in [6, 6.07) is -0.401. The van der Waals surface area contributed by atoms with Crippen molar-refractivity contribution in [1.82, 2.24) is 10.6 Å². The van der Waals surface area contributed by atoms with Gasteiger partial charge in [0.1, 0.15) is 6.04 Å². The third-order valence-electron chi connectivity index (χ3n) is 3.62. The van der Waals surface area contributed by atoms with Crippen molar-refractivity contribution in [3.05, 3.63) is 0 Å². The predicted molar refractivity (Wildman–Crippen MR) is 66.2 cm³/mol. The number of nitrogens with one attached hydrogen (secondary N) is 2. The van der Waals surface area contributed by atoms with Gasteiger partial charge in [-0.15, -0.1) is 0 Å². The van der Waals surface area contributed by atoms with Crippen LogP contribution in [0.15, 0.2) is 0 Å². The molecule has 1 fully saturated rings. The van der Waals surface area contributed by atoms with E-state index in [1.165, 1.54) is 0 Å². The molecule has 1 rings (SSSR count). The monoisotopic (exact) mass is 241 g/mol. The van der Waals surface area contributed by atoms with E-state index in [1.807, 2.05) is 13.8 Å². The summed E-state index contributed by atoms with van der Waals surface area (Å²) < 4.78 is 0. The lowest BCUT2D eigenvalue weighted by Crippen LogP contribution is -2.52. The summed E-state index contributed by atoms with van der Waals surface area (Å²) in [5.41, 5.74) is 5.05. The SMILES string of the molecule is CCC(C)(CN)C(=O)NC1CCCCNC1=O. The van der Waals surface area contributed by atoms with Crippen molar-refractivity contribution in [1.29, 1.82) is 0 Å². The molecule has 5 nitrogen and oxygen atoms in total. The van der Waals surface area contributed by atoms with Gasteiger partial charge in [-0.1, -0.05) is 6.92 Å². The highest BCUT2D eigenvalue weighted by molar-refractivity contribution is 5.90. The van der Waals surface area contributed by atoms with Gasteiger partial charge in [-0.25, -0.2) is 0 Å². The number of amides is 2. The summed E-state index contributed by atoms with van der Waals surface area (Å²) in [5.74, 6) is -0.198. The van der Waals surface area contributed by atoms with Crippen LogP contribution in [0.1, 0.15) is 39.5 Å². The number of hydrogen-bond acceptors (Lipinski definition) is 3. The Morgan fingerprint density at radius 2 is 2.29 bits per heavy atom. The van der Waals surface area contributed by atoms with Gasteiger partial charge in [0.15, 0.2) is 0 Å². The Labute approximate surface area is 103 Å². The zero-order valence-corrected chi connectivity index (χ0v) is 10.7. The van der Waals surface area contributed by atoms with E-state index in [4.69, 9.17) is 5.73 Å². The minimum absolute atomic E-state index is 0.0775. The normalized spacial score (nSPS) is 24.4. The minimum Gasteiger partial charge on any atom is -0.354 e. The molecular formula is C12H23N3O2. The van der Waals surface area contributed by atoms with Crippen LogP contribution in [0.25, 0.3) is 0 Å². The van der Waals surface area contributed by atoms with E-state index in [1.54, 1.807) is 0 Å². The van der Waals surface area contributed by atoms with Crippen LogP contribution in [0, 0.1) is 5.41 Å². The highest BCUT2D eigenvalue weighted by atomic mass is 16.2. The lowest BCUT2D eigenvalue weighted by atomic mass is 9.86. The zero-order chi connectivity index (χ0) is 12.9. The van der Waals surface area contributed by atoms with Crippen LogP contribution < -0.4 is 16.4 Å². The quantitative estimate of drug-likeness (QED) is 0.655. The van der Waals surface area contributed by atoms with Crippen LogP contribution in [0.3, 0.4) is 0 Å². The molecule has 0 spiro atoms. The molecule has 2 atom stereocenters. The number of hydrogen-bond donors (Lipinski definition) is 3. The number of rotatable bonds is 4. The van der Waals surface area contributed by atoms with Crippen LogP contribution in [0.4, 0.5) is 0 Å². The van der Waals surface area contributed by atoms with Crippen LogP contribution in [-0.2, 0) is 9.59 Å². The second-order valence-electron chi connectivity index (χ2n) is 4.93. The molecule has 0 aromatic carbocycles. The summed E-state index contributed by atoms with van der Waals surface area (Å²) in [4.78, 5) is 23.8. The lowest BCUT2D eigenvalue weighted by molar-refractivity contribution is -0.134. The second-order valence-corrected chi connectivity index (χ2v) is 4.93. The number of carbonyl (C=O) groups is 2. The molecule has 1 aliphatic rings. The molecule has 2 unspecified atom stereocenters. The molecule has 0 aromatic rings. The Kier molecular flexibility index (Phi) is 4.93. The van der Waals surface area contributed by atoms with Crippen molar-refractivity contribution in [2.45, 2.75) is 45.6 Å². The van der Waals surface area contributed by atoms with E-state index in [-0.39, 0.29) is 11.8 Å². The summed E-state index contributed by atoms with van der Waals surface area (Å²) in [6.07, 6.45) is 3.31. The molecule has 2 amide bonds. The molecule has 0 saturated carbocycles. The van der Waals surface area contributed by atoms with Gasteiger partial charge in [0.05, 0.1) is 5.41 Å². The van der Waals surface area contributed by atoms with E-state index in [0.29, 0.717) is 25.9 Å². The van der Waals surface area contributed by atoms with E-state index >= 15 is 0 Å². The first kappa shape index (κ1) is 14.0. The highest BCUT2D eigenvalue weighted by Crippen LogP contribution is 2.20. The van der Waals surface area contributed by atoms with Crippen LogP contribution >= 0.6 is 0 Å². The van der Waals surface area contributed by atoms with E-state index in [2.05, 4.69) is 10.6 Å². The average molecular weight is 241 g/mol. The minimum atomic E-state index is -0.577. The summed E-state index contributed by atoms with van der Waals surface area (Å²) in [7, 11) is 0. The summed E-state index contributed by atoms with van der Waals surface area (Å²) in [5, 5.41) is 5.62. The van der Waals surface area contributed by atoms with Crippen molar-refractivity contribution < 1.29 is 9.59 Å². The fourth-order valence-corrected chi connectivity index (χ4v) is 1.81. The molecule has 0 aromatic heterocycles. The second kappa shape index (κ2) is 6.00. The first-order valence-corrected chi connectivity index (χ1v) is 6.32. The molecule has 0 bridgehead atoms. The first-order valence-electron chi connectivity index (χ1n) is 6.32. The topological polar surface area (TPSA) is 84.2 Å². The van der Waals surface area contributed by atoms with Gasteiger partial charge >= 0.3 is 0 Å². The van der Waals surface area contributed by atoms with Gasteiger partial charge in [0.25, 0.3) is 0 Å². The van der Waals surface area contributed by atoms with Crippen molar-refractivity contribution in [2.24, 2.45) is 11.1 Å². The Hall–Kier alpha value is -1.10. The largest absolute Gasteiger partial charge is 0.354 e. The molecule has 0 radical (unpaired) electrons. The third-order valence-corrected chi connectivity index (χ3v) is 3.62. The molecule has 0 aliphatic carbocycles. The Balaban J connectivity index is 2.63. The van der Waals surface area contributed by atoms with Gasteiger partial charge in [0, 0.05) is 13.1 Å². The van der Waals surface area contributed by atoms with Gasteiger partial charge < -0.3 is 16.4 Å². The Morgan fingerprint density at radius 3 is 2.88 bits per heavy atom. The van der Waals surface area contributed by atoms with Gasteiger partial charge in [-0.2, -0.15) is 0 Å². The summed E-state index contributed by atoms with van der Waals surface area (Å²) in [6.45, 7) is 4.76. The standard InChI is InChI=1S/C12H23N3O2/c1-3-12(2,8-13)11(17)15-9-6-4-5-7-14-10(9)16/h9H,3-8,13H2,1-2H3,(H,14,16)(H,15,17). The van der Waals surface area contributed by atoms with Crippen molar-refractivity contribution in [3.63, 3.8) is 0 Å². The molecule has 5 heteroatoms. The van der Waals surface area contributed by atoms with E-state index < -0.39 is 11.5 Å². The van der Waals surface area contributed by atoms with Gasteiger partial charge in [-0.3, -0.25) is 9.59 Å². The fraction of sp³-hybridized carbons (Fsp3) is 0.833. The lowest BCUT2D eigenvalue weighted by Gasteiger charge is -2.27. The molecular weight excluding hydrogens is 218 g/mol. The smallest absolute Gasteiger partial charge is 0.242 e. The molecule has 1 saturated heterocycles. The van der Waals surface area contributed by atoms with E-state index in [9.17, 15) is 9.59 Å². The molecule has 98 valence electrons. The number of nitrogens with two attached hydrogens (primary N) is 1. The van der Waals surface area contributed by atoms with Crippen molar-refractivity contribution in [3.8, 4) is 0 Å². The first-order chi connectivity index (χ1) is 8.03. The van der Waals surface area contributed by atoms with Gasteiger partial charge in [-0.05, 0) is 32.6 Å². The predicted octanol–water partition coefficient (Wildman–Crippen LogP) is 0.146. The maximum Gasteiger partial charge on any atom is 0.242 e. The maximum atomic E-state index is 12.1. The average Bonchev–Trinajstić information content (AvgIpc) is 2.54. The van der Waals surface area contributed by atoms with E-state index in [0.717, 1.165) is 12.8 Å². The van der Waals surface area contributed by atoms with Crippen LogP contribution in [-0.4, -0.2) is 30.9 Å². The highest BCUT2D eigenvalue weighted by Gasteiger charge is 2.33. The van der Waals surface area contributed by atoms with Crippen LogP contribution in [0.5, 0.6) is 0 Å². The van der Waals surface area contributed by atoms with Crippen LogP contribution in [0.2, 0.25) is 0 Å². The zero-order valence-electron chi connectivity index (χ0n) is 10.7. The molecule has 1 heterocycles. The maximum absolute atomic E-state index is 12.1. The van der Waals surface area contributed by atoms with Gasteiger partial charge in [0.2, 0.25) is 11.8 Å². The summed E-state index contributed by atoms with van der Waals surface area (Å²) >= 11 is 0. The molecule has 4 N–H and O–H groups in total. The third kappa shape index (κ3) is 3.43. The van der Waals surface area contributed by atoms with Crippen molar-refractivity contribution >= 4 is 11.8 Å². The fourth-order valence-electron chi connectivity index (χ4n) is 1.81. The molecule has 1 aliphatic heterocycles.